The maximum Gasteiger partial charge on any atom is 0.323 e. The van der Waals surface area contributed by atoms with E-state index in [4.69, 9.17) is 25.8 Å². The van der Waals surface area contributed by atoms with Gasteiger partial charge >= 0.3 is 6.03 Å². The smallest absolute Gasteiger partial charge is 0.323 e. The van der Waals surface area contributed by atoms with Crippen LogP contribution in [0.4, 0.5) is 16.2 Å². The normalized spacial score (nSPS) is 10.0. The molecule has 2 amide bonds. The summed E-state index contributed by atoms with van der Waals surface area (Å²) in [4.78, 5) is 12.3. The molecule has 0 aliphatic carbocycles. The third kappa shape index (κ3) is 4.02. The van der Waals surface area contributed by atoms with E-state index in [1.54, 1.807) is 25.3 Å². The third-order valence-corrected chi connectivity index (χ3v) is 3.62. The minimum absolute atomic E-state index is 0.390. The lowest BCUT2D eigenvalue weighted by Crippen LogP contribution is -2.20. The molecule has 0 aliphatic rings. The van der Waals surface area contributed by atoms with E-state index in [1.807, 2.05) is 19.1 Å². The molecule has 0 aliphatic heterocycles. The molecule has 0 unspecified atom stereocenters. The second kappa shape index (κ2) is 7.79. The van der Waals surface area contributed by atoms with Crippen molar-refractivity contribution in [2.75, 3.05) is 32.0 Å². The van der Waals surface area contributed by atoms with E-state index in [0.717, 1.165) is 5.56 Å². The average Bonchev–Trinajstić information content (AvgIpc) is 2.56. The molecule has 0 spiro atoms. The van der Waals surface area contributed by atoms with E-state index in [-0.39, 0.29) is 0 Å². The topological polar surface area (TPSA) is 68.8 Å². The maximum absolute atomic E-state index is 12.3. The SMILES string of the molecule is COc1cc(NC(=O)Nc2cc(C)ccc2OC)c(OC)cc1Cl. The minimum atomic E-state index is -0.443. The lowest BCUT2D eigenvalue weighted by Gasteiger charge is -2.15. The zero-order valence-electron chi connectivity index (χ0n) is 13.9. The number of ether oxygens (including phenoxy) is 3. The number of aryl methyl sites for hydroxylation is 1. The van der Waals surface area contributed by atoms with Crippen LogP contribution in [0, 0.1) is 6.92 Å². The van der Waals surface area contributed by atoms with Crippen molar-refractivity contribution < 1.29 is 19.0 Å². The Balaban J connectivity index is 2.22. The average molecular weight is 351 g/mol. The monoisotopic (exact) mass is 350 g/mol. The second-order valence-electron chi connectivity index (χ2n) is 4.97. The van der Waals surface area contributed by atoms with Gasteiger partial charge in [-0.2, -0.15) is 0 Å². The molecule has 7 heteroatoms. The van der Waals surface area contributed by atoms with Crippen molar-refractivity contribution in [3.05, 3.63) is 40.9 Å². The van der Waals surface area contributed by atoms with Gasteiger partial charge in [0, 0.05) is 12.1 Å². The number of amides is 2. The molecule has 0 aromatic heterocycles. The molecule has 2 N–H and O–H groups in total. The van der Waals surface area contributed by atoms with Crippen molar-refractivity contribution in [2.45, 2.75) is 6.92 Å². The van der Waals surface area contributed by atoms with Gasteiger partial charge in [0.05, 0.1) is 37.7 Å². The van der Waals surface area contributed by atoms with E-state index < -0.39 is 6.03 Å². The minimum Gasteiger partial charge on any atom is -0.495 e. The number of benzene rings is 2. The molecule has 2 aromatic carbocycles. The van der Waals surface area contributed by atoms with Crippen molar-refractivity contribution >= 4 is 29.0 Å². The number of urea groups is 1. The molecule has 24 heavy (non-hydrogen) atoms. The molecule has 2 aromatic rings. The second-order valence-corrected chi connectivity index (χ2v) is 5.38. The van der Waals surface area contributed by atoms with Crippen molar-refractivity contribution in [1.29, 1.82) is 0 Å². The first-order valence-corrected chi connectivity index (χ1v) is 7.50. The van der Waals surface area contributed by atoms with Gasteiger partial charge in [0.15, 0.2) is 0 Å². The third-order valence-electron chi connectivity index (χ3n) is 3.33. The molecule has 2 rings (SSSR count). The van der Waals surface area contributed by atoms with Crippen LogP contribution in [0.1, 0.15) is 5.56 Å². The lowest BCUT2D eigenvalue weighted by atomic mass is 10.2. The van der Waals surface area contributed by atoms with Gasteiger partial charge in [-0.3, -0.25) is 0 Å². The fraction of sp³-hybridized carbons (Fsp3) is 0.235. The Labute approximate surface area is 145 Å². The van der Waals surface area contributed by atoms with E-state index in [1.165, 1.54) is 14.2 Å². The number of nitrogens with one attached hydrogen (secondary N) is 2. The molecule has 0 bridgehead atoms. The molecular weight excluding hydrogens is 332 g/mol. The largest absolute Gasteiger partial charge is 0.495 e. The summed E-state index contributed by atoms with van der Waals surface area (Å²) in [5.74, 6) is 1.42. The predicted octanol–water partition coefficient (Wildman–Crippen LogP) is 4.32. The maximum atomic E-state index is 12.3. The zero-order chi connectivity index (χ0) is 17.7. The Morgan fingerprint density at radius 2 is 1.46 bits per heavy atom. The van der Waals surface area contributed by atoms with Crippen LogP contribution in [-0.2, 0) is 0 Å². The highest BCUT2D eigenvalue weighted by molar-refractivity contribution is 6.32. The summed E-state index contributed by atoms with van der Waals surface area (Å²) in [6.07, 6.45) is 0. The summed E-state index contributed by atoms with van der Waals surface area (Å²) in [6, 6.07) is 8.23. The highest BCUT2D eigenvalue weighted by Crippen LogP contribution is 2.36. The van der Waals surface area contributed by atoms with Gasteiger partial charge in [-0.15, -0.1) is 0 Å². The highest BCUT2D eigenvalue weighted by Gasteiger charge is 2.14. The molecule has 0 radical (unpaired) electrons. The van der Waals surface area contributed by atoms with E-state index in [9.17, 15) is 4.79 Å². The van der Waals surface area contributed by atoms with Gasteiger partial charge in [0.1, 0.15) is 17.2 Å². The summed E-state index contributed by atoms with van der Waals surface area (Å²) in [5, 5.41) is 5.85. The number of anilines is 2. The molecular formula is C17H19ClN2O4. The van der Waals surface area contributed by atoms with Gasteiger partial charge in [0.25, 0.3) is 0 Å². The lowest BCUT2D eigenvalue weighted by molar-refractivity contribution is 0.262. The first-order chi connectivity index (χ1) is 11.5. The first-order valence-electron chi connectivity index (χ1n) is 7.12. The number of hydrogen-bond donors (Lipinski definition) is 2. The molecule has 128 valence electrons. The molecule has 0 saturated heterocycles. The van der Waals surface area contributed by atoms with Crippen molar-refractivity contribution in [3.8, 4) is 17.2 Å². The summed E-state index contributed by atoms with van der Waals surface area (Å²) in [7, 11) is 4.53. The van der Waals surface area contributed by atoms with Crippen LogP contribution in [0.15, 0.2) is 30.3 Å². The molecule has 0 atom stereocenters. The van der Waals surface area contributed by atoms with Crippen LogP contribution in [0.3, 0.4) is 0 Å². The van der Waals surface area contributed by atoms with Crippen molar-refractivity contribution in [2.24, 2.45) is 0 Å². The van der Waals surface area contributed by atoms with Crippen LogP contribution in [0.25, 0.3) is 0 Å². The van der Waals surface area contributed by atoms with Gasteiger partial charge < -0.3 is 24.8 Å². The number of hydrogen-bond acceptors (Lipinski definition) is 4. The van der Waals surface area contributed by atoms with Crippen LogP contribution < -0.4 is 24.8 Å². The summed E-state index contributed by atoms with van der Waals surface area (Å²) in [6.45, 7) is 1.93. The number of rotatable bonds is 5. The fourth-order valence-corrected chi connectivity index (χ4v) is 2.38. The molecule has 0 saturated carbocycles. The Bertz CT molecular complexity index is 750. The van der Waals surface area contributed by atoms with Gasteiger partial charge in [0.2, 0.25) is 0 Å². The van der Waals surface area contributed by atoms with Crippen LogP contribution >= 0.6 is 11.6 Å². The standard InChI is InChI=1S/C17H19ClN2O4/c1-10-5-6-14(22-2)12(7-10)19-17(21)20-13-9-15(23-3)11(18)8-16(13)24-4/h5-9H,1-4H3,(H2,19,20,21). The Hall–Kier alpha value is -2.60. The van der Waals surface area contributed by atoms with Crippen molar-refractivity contribution in [3.63, 3.8) is 0 Å². The predicted molar refractivity (Wildman–Crippen MR) is 94.9 cm³/mol. The molecule has 0 fully saturated rings. The summed E-state index contributed by atoms with van der Waals surface area (Å²) in [5.41, 5.74) is 2.00. The number of carbonyl (C=O) groups is 1. The van der Waals surface area contributed by atoms with Crippen LogP contribution in [0.2, 0.25) is 5.02 Å². The summed E-state index contributed by atoms with van der Waals surface area (Å²) < 4.78 is 15.6. The van der Waals surface area contributed by atoms with E-state index >= 15 is 0 Å². The van der Waals surface area contributed by atoms with Gasteiger partial charge in [-0.05, 0) is 24.6 Å². The van der Waals surface area contributed by atoms with Crippen LogP contribution in [-0.4, -0.2) is 27.4 Å². The fourth-order valence-electron chi connectivity index (χ4n) is 2.15. The number of methoxy groups -OCH3 is 3. The highest BCUT2D eigenvalue weighted by atomic mass is 35.5. The number of halogens is 1. The van der Waals surface area contributed by atoms with Crippen molar-refractivity contribution in [1.82, 2.24) is 0 Å². The Morgan fingerprint density at radius 1 is 0.875 bits per heavy atom. The van der Waals surface area contributed by atoms with E-state index in [0.29, 0.717) is 33.6 Å². The molecule has 6 nitrogen and oxygen atoms in total. The Kier molecular flexibility index (Phi) is 5.76. The summed E-state index contributed by atoms with van der Waals surface area (Å²) >= 11 is 6.05. The molecule has 0 heterocycles. The number of carbonyl (C=O) groups excluding carboxylic acids is 1. The first kappa shape index (κ1) is 17.7. The van der Waals surface area contributed by atoms with Gasteiger partial charge in [-0.1, -0.05) is 17.7 Å². The van der Waals surface area contributed by atoms with E-state index in [2.05, 4.69) is 10.6 Å². The zero-order valence-corrected chi connectivity index (χ0v) is 14.7. The Morgan fingerprint density at radius 3 is 2.04 bits per heavy atom. The van der Waals surface area contributed by atoms with Gasteiger partial charge in [-0.25, -0.2) is 4.79 Å². The quantitative estimate of drug-likeness (QED) is 0.842. The van der Waals surface area contributed by atoms with Crippen LogP contribution in [0.5, 0.6) is 17.2 Å².